The fourth-order valence-corrected chi connectivity index (χ4v) is 2.77. The van der Waals surface area contributed by atoms with Crippen LogP contribution < -0.4 is 5.32 Å². The smallest absolute Gasteiger partial charge is 0.324 e. The molecule has 1 aromatic carbocycles. The number of thioether (sulfide) groups is 1. The first-order valence-corrected chi connectivity index (χ1v) is 7.27. The molecule has 6 nitrogen and oxygen atoms in total. The van der Waals surface area contributed by atoms with Crippen molar-refractivity contribution in [2.75, 3.05) is 18.8 Å². The zero-order valence-electron chi connectivity index (χ0n) is 10.3. The molecule has 104 valence electrons. The second kappa shape index (κ2) is 5.34. The Balaban J connectivity index is 1.62. The zero-order valence-corrected chi connectivity index (χ0v) is 11.8. The van der Waals surface area contributed by atoms with Crippen molar-refractivity contribution in [3.05, 3.63) is 23.2 Å². The molecular formula is C12H10ClN3O3S. The van der Waals surface area contributed by atoms with Crippen molar-refractivity contribution >= 4 is 46.4 Å². The van der Waals surface area contributed by atoms with Crippen LogP contribution in [0.25, 0.3) is 11.1 Å². The second-order valence-corrected chi connectivity index (χ2v) is 5.63. The number of amides is 3. The first kappa shape index (κ1) is 13.3. The van der Waals surface area contributed by atoms with Gasteiger partial charge in [-0.2, -0.15) is 0 Å². The lowest BCUT2D eigenvalue weighted by atomic mass is 10.3. The summed E-state index contributed by atoms with van der Waals surface area (Å²) < 4.78 is 5.53. The number of carbonyl (C=O) groups excluding carboxylic acids is 2. The summed E-state index contributed by atoms with van der Waals surface area (Å²) in [4.78, 5) is 28.2. The van der Waals surface area contributed by atoms with Crippen molar-refractivity contribution < 1.29 is 14.0 Å². The van der Waals surface area contributed by atoms with E-state index in [0.717, 1.165) is 5.52 Å². The number of oxazole rings is 1. The summed E-state index contributed by atoms with van der Waals surface area (Å²) in [6, 6.07) is 4.88. The van der Waals surface area contributed by atoms with E-state index in [0.29, 0.717) is 28.1 Å². The molecule has 1 N–H and O–H groups in total. The Morgan fingerprint density at radius 1 is 1.45 bits per heavy atom. The summed E-state index contributed by atoms with van der Waals surface area (Å²) in [6.07, 6.45) is 0. The summed E-state index contributed by atoms with van der Waals surface area (Å²) in [6.45, 7) is 0.402. The Morgan fingerprint density at radius 3 is 3.05 bits per heavy atom. The van der Waals surface area contributed by atoms with Gasteiger partial charge in [0.25, 0.3) is 5.22 Å². The fraction of sp³-hybridized carbons (Fsp3) is 0.250. The summed E-state index contributed by atoms with van der Waals surface area (Å²) in [5, 5.41) is 3.55. The Hall–Kier alpha value is -1.73. The Kier molecular flexibility index (Phi) is 3.54. The van der Waals surface area contributed by atoms with E-state index in [4.69, 9.17) is 16.0 Å². The first-order valence-electron chi connectivity index (χ1n) is 5.90. The number of hydrogen-bond acceptors (Lipinski definition) is 5. The van der Waals surface area contributed by atoms with Gasteiger partial charge in [0.2, 0.25) is 5.91 Å². The number of halogens is 1. The molecule has 1 fully saturated rings. The lowest BCUT2D eigenvalue weighted by Gasteiger charge is -2.10. The maximum Gasteiger partial charge on any atom is 0.324 e. The number of nitrogens with zero attached hydrogens (tertiary/aromatic N) is 2. The zero-order chi connectivity index (χ0) is 14.1. The third kappa shape index (κ3) is 2.59. The van der Waals surface area contributed by atoms with E-state index in [9.17, 15) is 9.59 Å². The number of rotatable bonds is 4. The maximum atomic E-state index is 11.4. The number of hydrogen-bond donors (Lipinski definition) is 1. The van der Waals surface area contributed by atoms with Crippen molar-refractivity contribution in [2.24, 2.45) is 0 Å². The van der Waals surface area contributed by atoms with Crippen LogP contribution in [0.1, 0.15) is 0 Å². The van der Waals surface area contributed by atoms with Crippen LogP contribution in [0.15, 0.2) is 27.8 Å². The van der Waals surface area contributed by atoms with E-state index >= 15 is 0 Å². The highest BCUT2D eigenvalue weighted by Crippen LogP contribution is 2.25. The Morgan fingerprint density at radius 2 is 2.30 bits per heavy atom. The predicted octanol–water partition coefficient (Wildman–Crippen LogP) is 2.13. The standard InChI is InChI=1S/C12H10ClN3O3S/c13-7-1-2-8-9(5-7)19-12(15-8)20-4-3-16-10(17)6-14-11(16)18/h1-2,5H,3-4,6H2,(H,14,18). The van der Waals surface area contributed by atoms with Crippen molar-refractivity contribution in [3.8, 4) is 0 Å². The van der Waals surface area contributed by atoms with Gasteiger partial charge in [-0.1, -0.05) is 23.4 Å². The monoisotopic (exact) mass is 311 g/mol. The van der Waals surface area contributed by atoms with Crippen LogP contribution in [0.2, 0.25) is 5.02 Å². The van der Waals surface area contributed by atoms with Crippen LogP contribution >= 0.6 is 23.4 Å². The van der Waals surface area contributed by atoms with E-state index < -0.39 is 0 Å². The minimum Gasteiger partial charge on any atom is -0.431 e. The molecule has 0 unspecified atom stereocenters. The van der Waals surface area contributed by atoms with Gasteiger partial charge in [0.15, 0.2) is 5.58 Å². The molecule has 0 radical (unpaired) electrons. The number of imide groups is 1. The summed E-state index contributed by atoms with van der Waals surface area (Å²) in [5.74, 6) is 0.319. The van der Waals surface area contributed by atoms with Gasteiger partial charge in [-0.25, -0.2) is 9.78 Å². The van der Waals surface area contributed by atoms with Crippen LogP contribution in [-0.2, 0) is 4.79 Å². The summed E-state index contributed by atoms with van der Waals surface area (Å²) in [5.41, 5.74) is 1.35. The third-order valence-electron chi connectivity index (χ3n) is 2.81. The number of carbonyl (C=O) groups is 2. The maximum absolute atomic E-state index is 11.4. The van der Waals surface area contributed by atoms with E-state index in [-0.39, 0.29) is 18.5 Å². The van der Waals surface area contributed by atoms with Crippen molar-refractivity contribution in [1.29, 1.82) is 0 Å². The minimum absolute atomic E-state index is 0.0743. The van der Waals surface area contributed by atoms with Crippen molar-refractivity contribution in [1.82, 2.24) is 15.2 Å². The molecule has 20 heavy (non-hydrogen) atoms. The molecule has 1 aliphatic rings. The van der Waals surface area contributed by atoms with Crippen LogP contribution in [0.4, 0.5) is 4.79 Å². The molecule has 1 aliphatic heterocycles. The molecule has 1 saturated heterocycles. The quantitative estimate of drug-likeness (QED) is 0.691. The average molecular weight is 312 g/mol. The first-order chi connectivity index (χ1) is 9.63. The Bertz CT molecular complexity index is 672. The number of aromatic nitrogens is 1. The van der Waals surface area contributed by atoms with Gasteiger partial charge in [-0.05, 0) is 12.1 Å². The van der Waals surface area contributed by atoms with Gasteiger partial charge in [0.05, 0.1) is 6.54 Å². The number of fused-ring (bicyclic) bond motifs is 1. The topological polar surface area (TPSA) is 75.4 Å². The van der Waals surface area contributed by atoms with Crippen LogP contribution in [0.3, 0.4) is 0 Å². The highest BCUT2D eigenvalue weighted by Gasteiger charge is 2.27. The normalized spacial score (nSPS) is 15.2. The number of urea groups is 1. The summed E-state index contributed by atoms with van der Waals surface area (Å²) >= 11 is 7.22. The molecule has 3 amide bonds. The van der Waals surface area contributed by atoms with Gasteiger partial charge >= 0.3 is 6.03 Å². The molecule has 0 aliphatic carbocycles. The molecule has 0 spiro atoms. The van der Waals surface area contributed by atoms with Crippen molar-refractivity contribution in [2.45, 2.75) is 5.22 Å². The van der Waals surface area contributed by atoms with Crippen LogP contribution in [0, 0.1) is 0 Å². The highest BCUT2D eigenvalue weighted by atomic mass is 35.5. The van der Waals surface area contributed by atoms with E-state index in [1.165, 1.54) is 16.7 Å². The van der Waals surface area contributed by atoms with Gasteiger partial charge < -0.3 is 9.73 Å². The van der Waals surface area contributed by atoms with Crippen molar-refractivity contribution in [3.63, 3.8) is 0 Å². The number of benzene rings is 1. The third-order valence-corrected chi connectivity index (χ3v) is 3.85. The van der Waals surface area contributed by atoms with Gasteiger partial charge in [0.1, 0.15) is 5.52 Å². The van der Waals surface area contributed by atoms with Crippen LogP contribution in [-0.4, -0.2) is 40.7 Å². The van der Waals surface area contributed by atoms with E-state index in [1.807, 2.05) is 0 Å². The molecule has 3 rings (SSSR count). The predicted molar refractivity (Wildman–Crippen MR) is 74.9 cm³/mol. The number of nitrogens with one attached hydrogen (secondary N) is 1. The molecule has 8 heteroatoms. The average Bonchev–Trinajstić information content (AvgIpc) is 2.95. The second-order valence-electron chi connectivity index (χ2n) is 4.14. The largest absolute Gasteiger partial charge is 0.431 e. The van der Waals surface area contributed by atoms with E-state index in [1.54, 1.807) is 18.2 Å². The van der Waals surface area contributed by atoms with E-state index in [2.05, 4.69) is 10.3 Å². The van der Waals surface area contributed by atoms with Gasteiger partial charge in [-0.3, -0.25) is 9.69 Å². The lowest BCUT2D eigenvalue weighted by Crippen LogP contribution is -2.32. The minimum atomic E-state index is -0.347. The highest BCUT2D eigenvalue weighted by molar-refractivity contribution is 7.99. The Labute approximate surface area is 123 Å². The summed E-state index contributed by atoms with van der Waals surface area (Å²) in [7, 11) is 0. The molecular weight excluding hydrogens is 302 g/mol. The molecule has 0 saturated carbocycles. The van der Waals surface area contributed by atoms with Gasteiger partial charge in [0, 0.05) is 23.4 Å². The lowest BCUT2D eigenvalue weighted by molar-refractivity contribution is -0.124. The fourth-order valence-electron chi connectivity index (χ4n) is 1.84. The SMILES string of the molecule is O=C1CNC(=O)N1CCSc1nc2ccc(Cl)cc2o1. The molecule has 2 heterocycles. The molecule has 0 atom stereocenters. The molecule has 0 bridgehead atoms. The molecule has 2 aromatic rings. The molecule has 1 aromatic heterocycles. The van der Waals surface area contributed by atoms with Crippen LogP contribution in [0.5, 0.6) is 0 Å². The van der Waals surface area contributed by atoms with Gasteiger partial charge in [-0.15, -0.1) is 0 Å².